The Morgan fingerprint density at radius 2 is 1.10 bits per heavy atom. The van der Waals surface area contributed by atoms with Gasteiger partial charge in [-0.05, 0) is 56.1 Å². The molecule has 0 bridgehead atoms. The van der Waals surface area contributed by atoms with Gasteiger partial charge in [-0.3, -0.25) is 0 Å². The summed E-state index contributed by atoms with van der Waals surface area (Å²) in [5.41, 5.74) is 0. The number of aromatic nitrogens is 2. The molecule has 0 atom stereocenters. The molecule has 0 aliphatic rings. The molecule has 4 heterocycles. The third-order valence-electron chi connectivity index (χ3n) is 2.54. The molecule has 0 unspecified atom stereocenters. The van der Waals surface area contributed by atoms with Crippen LogP contribution >= 0.6 is 77.2 Å². The average molecular weight is 464 g/mol. The summed E-state index contributed by atoms with van der Waals surface area (Å²) < 4.78 is 2.26. The fourth-order valence-electron chi connectivity index (χ4n) is 1.71. The van der Waals surface area contributed by atoms with Gasteiger partial charge in [0.2, 0.25) is 0 Å². The standard InChI is InChI=1S/C12H4Br2N2S4/c13-7-3-1-5(17-7)9-15-11-12(19-9)16-10(20-11)6-2-4-8(14)18-6/h1-4H. The lowest BCUT2D eigenvalue weighted by Crippen LogP contribution is -1.67. The summed E-state index contributed by atoms with van der Waals surface area (Å²) in [4.78, 5) is 13.8. The van der Waals surface area contributed by atoms with Crippen LogP contribution in [0.1, 0.15) is 0 Å². The largest absolute Gasteiger partial charge is 0.222 e. The molecule has 4 aromatic rings. The van der Waals surface area contributed by atoms with Gasteiger partial charge < -0.3 is 0 Å². The highest BCUT2D eigenvalue weighted by Crippen LogP contribution is 2.41. The smallest absolute Gasteiger partial charge is 0.155 e. The van der Waals surface area contributed by atoms with Gasteiger partial charge in [-0.2, -0.15) is 0 Å². The maximum Gasteiger partial charge on any atom is 0.155 e. The Hall–Kier alpha value is -0.120. The second-order valence-corrected chi connectivity index (χ2v) is 10.7. The quantitative estimate of drug-likeness (QED) is 0.329. The molecule has 4 aromatic heterocycles. The maximum absolute atomic E-state index is 4.71. The Morgan fingerprint density at radius 1 is 0.650 bits per heavy atom. The molecular weight excluding hydrogens is 460 g/mol. The van der Waals surface area contributed by atoms with Gasteiger partial charge in [-0.1, -0.05) is 22.7 Å². The first-order chi connectivity index (χ1) is 9.69. The summed E-state index contributed by atoms with van der Waals surface area (Å²) in [5.74, 6) is 0. The predicted octanol–water partition coefficient (Wildman–Crippen LogP) is 6.73. The van der Waals surface area contributed by atoms with E-state index in [4.69, 9.17) is 9.97 Å². The number of rotatable bonds is 2. The second-order valence-electron chi connectivity index (χ2n) is 3.86. The molecule has 0 aromatic carbocycles. The first-order valence-electron chi connectivity index (χ1n) is 5.48. The number of halogens is 2. The van der Waals surface area contributed by atoms with Crippen molar-refractivity contribution in [2.75, 3.05) is 0 Å². The Balaban J connectivity index is 1.77. The zero-order valence-corrected chi connectivity index (χ0v) is 16.0. The Kier molecular flexibility index (Phi) is 3.56. The molecule has 0 aliphatic heterocycles. The number of fused-ring (bicyclic) bond motifs is 1. The Bertz CT molecular complexity index is 800. The maximum atomic E-state index is 4.71. The van der Waals surface area contributed by atoms with E-state index in [1.807, 2.05) is 0 Å². The number of hydrogen-bond acceptors (Lipinski definition) is 6. The third kappa shape index (κ3) is 2.42. The van der Waals surface area contributed by atoms with Crippen molar-refractivity contribution in [3.63, 3.8) is 0 Å². The average Bonchev–Trinajstić information content (AvgIpc) is 3.09. The van der Waals surface area contributed by atoms with Gasteiger partial charge in [0.05, 0.1) is 17.3 Å². The van der Waals surface area contributed by atoms with Crippen LogP contribution in [-0.2, 0) is 0 Å². The summed E-state index contributed by atoms with van der Waals surface area (Å²) in [6, 6.07) is 8.29. The molecule has 0 spiro atoms. The third-order valence-corrected chi connectivity index (χ3v) is 8.16. The molecule has 0 saturated heterocycles. The van der Waals surface area contributed by atoms with Crippen LogP contribution in [-0.4, -0.2) is 9.97 Å². The first-order valence-corrected chi connectivity index (χ1v) is 10.3. The van der Waals surface area contributed by atoms with Crippen molar-refractivity contribution in [3.8, 4) is 19.8 Å². The summed E-state index contributed by atoms with van der Waals surface area (Å²) >= 11 is 13.7. The van der Waals surface area contributed by atoms with Crippen LogP contribution in [0.25, 0.3) is 29.4 Å². The molecule has 2 nitrogen and oxygen atoms in total. The number of thiazole rings is 2. The van der Waals surface area contributed by atoms with E-state index in [0.717, 1.165) is 27.2 Å². The molecule has 8 heteroatoms. The fourth-order valence-corrected chi connectivity index (χ4v) is 6.63. The van der Waals surface area contributed by atoms with E-state index in [1.165, 1.54) is 9.75 Å². The predicted molar refractivity (Wildman–Crippen MR) is 97.3 cm³/mol. The first kappa shape index (κ1) is 13.5. The fraction of sp³-hybridized carbons (Fsp3) is 0. The Labute approximate surface area is 147 Å². The van der Waals surface area contributed by atoms with Gasteiger partial charge in [-0.15, -0.1) is 22.7 Å². The summed E-state index contributed by atoms with van der Waals surface area (Å²) in [7, 11) is 0. The van der Waals surface area contributed by atoms with Crippen LogP contribution in [0.5, 0.6) is 0 Å². The molecule has 20 heavy (non-hydrogen) atoms. The summed E-state index contributed by atoms with van der Waals surface area (Å²) in [6.07, 6.45) is 0. The van der Waals surface area contributed by atoms with Crippen LogP contribution < -0.4 is 0 Å². The molecule has 0 fully saturated rings. The molecule has 0 aliphatic carbocycles. The molecule has 100 valence electrons. The van der Waals surface area contributed by atoms with Crippen LogP contribution in [0.4, 0.5) is 0 Å². The lowest BCUT2D eigenvalue weighted by Gasteiger charge is -1.88. The van der Waals surface area contributed by atoms with Crippen molar-refractivity contribution in [2.45, 2.75) is 0 Å². The van der Waals surface area contributed by atoms with E-state index in [0.29, 0.717) is 0 Å². The molecule has 0 saturated carbocycles. The van der Waals surface area contributed by atoms with Gasteiger partial charge in [0.1, 0.15) is 10.0 Å². The number of thiophene rings is 2. The lowest BCUT2D eigenvalue weighted by atomic mass is 10.5. The van der Waals surface area contributed by atoms with E-state index in [1.54, 1.807) is 45.3 Å². The lowest BCUT2D eigenvalue weighted by molar-refractivity contribution is 1.51. The number of hydrogen-bond donors (Lipinski definition) is 0. The van der Waals surface area contributed by atoms with E-state index in [9.17, 15) is 0 Å². The van der Waals surface area contributed by atoms with E-state index < -0.39 is 0 Å². The Morgan fingerprint density at radius 3 is 1.45 bits per heavy atom. The number of nitrogens with zero attached hydrogens (tertiary/aromatic N) is 2. The highest BCUT2D eigenvalue weighted by Gasteiger charge is 2.14. The van der Waals surface area contributed by atoms with Crippen LogP contribution in [0.2, 0.25) is 0 Å². The van der Waals surface area contributed by atoms with Crippen LogP contribution in [0.3, 0.4) is 0 Å². The summed E-state index contributed by atoms with van der Waals surface area (Å²) in [5, 5.41) is 2.10. The molecule has 0 amide bonds. The van der Waals surface area contributed by atoms with Crippen molar-refractivity contribution in [1.82, 2.24) is 9.97 Å². The minimum absolute atomic E-state index is 1.02. The van der Waals surface area contributed by atoms with E-state index in [2.05, 4.69) is 56.1 Å². The van der Waals surface area contributed by atoms with Crippen LogP contribution in [0.15, 0.2) is 31.8 Å². The summed E-state index contributed by atoms with van der Waals surface area (Å²) in [6.45, 7) is 0. The zero-order valence-electron chi connectivity index (χ0n) is 9.59. The van der Waals surface area contributed by atoms with E-state index >= 15 is 0 Å². The SMILES string of the molecule is Brc1ccc(-c2nc3sc(-c4ccc(Br)s4)nc3s2)s1. The van der Waals surface area contributed by atoms with Crippen molar-refractivity contribution in [3.05, 3.63) is 31.8 Å². The van der Waals surface area contributed by atoms with Gasteiger partial charge in [0.15, 0.2) is 9.66 Å². The van der Waals surface area contributed by atoms with Crippen molar-refractivity contribution < 1.29 is 0 Å². The van der Waals surface area contributed by atoms with Crippen molar-refractivity contribution in [1.29, 1.82) is 0 Å². The normalized spacial score (nSPS) is 11.5. The highest BCUT2D eigenvalue weighted by molar-refractivity contribution is 9.11. The minimum Gasteiger partial charge on any atom is -0.222 e. The molecular formula is C12H4Br2N2S4. The molecule has 0 radical (unpaired) electrons. The van der Waals surface area contributed by atoms with Crippen LogP contribution in [0, 0.1) is 0 Å². The van der Waals surface area contributed by atoms with Gasteiger partial charge >= 0.3 is 0 Å². The van der Waals surface area contributed by atoms with Crippen molar-refractivity contribution >= 4 is 86.9 Å². The van der Waals surface area contributed by atoms with Crippen molar-refractivity contribution in [2.24, 2.45) is 0 Å². The second kappa shape index (κ2) is 5.26. The minimum atomic E-state index is 1.02. The monoisotopic (exact) mass is 462 g/mol. The van der Waals surface area contributed by atoms with Gasteiger partial charge in [0.25, 0.3) is 0 Å². The van der Waals surface area contributed by atoms with Gasteiger partial charge in [-0.25, -0.2) is 9.97 Å². The van der Waals surface area contributed by atoms with E-state index in [-0.39, 0.29) is 0 Å². The van der Waals surface area contributed by atoms with Gasteiger partial charge in [0, 0.05) is 0 Å². The topological polar surface area (TPSA) is 25.8 Å². The molecule has 0 N–H and O–H groups in total. The zero-order chi connectivity index (χ0) is 13.7. The highest BCUT2D eigenvalue weighted by atomic mass is 79.9. The molecule has 4 rings (SSSR count).